The molecular weight excluding hydrogens is 415 g/mol. The molecule has 3 rings (SSSR count). The van der Waals surface area contributed by atoms with Gasteiger partial charge in [-0.1, -0.05) is 11.2 Å². The van der Waals surface area contributed by atoms with Gasteiger partial charge in [-0.05, 0) is 49.7 Å². The summed E-state index contributed by atoms with van der Waals surface area (Å²) in [5.74, 6) is -0.955. The zero-order chi connectivity index (χ0) is 21.9. The highest BCUT2D eigenvalue weighted by atomic mass is 32.2. The van der Waals surface area contributed by atoms with Crippen LogP contribution in [0.3, 0.4) is 0 Å². The molecule has 1 N–H and O–H groups in total. The fraction of sp³-hybridized carbons (Fsp3) is 0.200. The first-order chi connectivity index (χ1) is 14.2. The number of esters is 1. The number of hydrogen-bond acceptors (Lipinski definition) is 7. The lowest BCUT2D eigenvalue weighted by Gasteiger charge is -2.13. The van der Waals surface area contributed by atoms with E-state index in [-0.39, 0.29) is 34.4 Å². The summed E-state index contributed by atoms with van der Waals surface area (Å²) < 4.78 is 57.1. The number of halogens is 1. The summed E-state index contributed by atoms with van der Waals surface area (Å²) in [5, 5.41) is 3.64. The van der Waals surface area contributed by atoms with Crippen LogP contribution in [0.15, 0.2) is 51.9 Å². The van der Waals surface area contributed by atoms with Crippen LogP contribution in [-0.2, 0) is 14.8 Å². The molecule has 30 heavy (non-hydrogen) atoms. The normalized spacial score (nSPS) is 11.2. The van der Waals surface area contributed by atoms with Crippen LogP contribution >= 0.6 is 0 Å². The Labute approximate surface area is 172 Å². The molecule has 0 amide bonds. The van der Waals surface area contributed by atoms with E-state index in [0.29, 0.717) is 11.1 Å². The average molecular weight is 434 g/mol. The van der Waals surface area contributed by atoms with Crippen molar-refractivity contribution in [2.45, 2.75) is 18.7 Å². The van der Waals surface area contributed by atoms with Gasteiger partial charge >= 0.3 is 5.97 Å². The Morgan fingerprint density at radius 3 is 2.63 bits per heavy atom. The van der Waals surface area contributed by atoms with Gasteiger partial charge in [0.1, 0.15) is 16.5 Å². The third kappa shape index (κ3) is 4.43. The fourth-order valence-electron chi connectivity index (χ4n) is 2.62. The molecule has 1 aromatic heterocycles. The standard InChI is InChI=1S/C20H19FN2O6S/c1-4-28-20(24)16-11-18(29-22-16)13-6-8-17(27-3)19(9-13)30(25,26)23-14-7-5-12(2)15(21)10-14/h5-11,23H,4H2,1-3H3. The molecule has 1 heterocycles. The summed E-state index contributed by atoms with van der Waals surface area (Å²) in [6.07, 6.45) is 0. The Morgan fingerprint density at radius 1 is 1.20 bits per heavy atom. The SMILES string of the molecule is CCOC(=O)c1cc(-c2ccc(OC)c(S(=O)(=O)Nc3ccc(C)c(F)c3)c2)on1. The highest BCUT2D eigenvalue weighted by Gasteiger charge is 2.23. The van der Waals surface area contributed by atoms with Crippen LogP contribution in [0.4, 0.5) is 10.1 Å². The number of carbonyl (C=O) groups excluding carboxylic acids is 1. The van der Waals surface area contributed by atoms with Gasteiger partial charge < -0.3 is 14.0 Å². The summed E-state index contributed by atoms with van der Waals surface area (Å²) in [4.78, 5) is 11.6. The van der Waals surface area contributed by atoms with Gasteiger partial charge in [-0.15, -0.1) is 0 Å². The van der Waals surface area contributed by atoms with Crippen molar-refractivity contribution in [2.24, 2.45) is 0 Å². The minimum atomic E-state index is -4.13. The van der Waals surface area contributed by atoms with Gasteiger partial charge in [0.05, 0.1) is 19.4 Å². The number of hydrogen-bond donors (Lipinski definition) is 1. The average Bonchev–Trinajstić information content (AvgIpc) is 3.20. The third-order valence-corrected chi connectivity index (χ3v) is 5.56. The number of carbonyl (C=O) groups is 1. The number of rotatable bonds is 7. The molecule has 0 unspecified atom stereocenters. The van der Waals surface area contributed by atoms with Crippen molar-refractivity contribution in [3.63, 3.8) is 0 Å². The number of aryl methyl sites for hydroxylation is 1. The van der Waals surface area contributed by atoms with Crippen LogP contribution in [0, 0.1) is 12.7 Å². The lowest BCUT2D eigenvalue weighted by molar-refractivity contribution is 0.0514. The molecule has 10 heteroatoms. The van der Waals surface area contributed by atoms with Crippen molar-refractivity contribution < 1.29 is 31.6 Å². The molecule has 0 aliphatic carbocycles. The van der Waals surface area contributed by atoms with E-state index < -0.39 is 21.8 Å². The molecule has 0 saturated carbocycles. The second-order valence-corrected chi connectivity index (χ2v) is 7.88. The summed E-state index contributed by atoms with van der Waals surface area (Å²) in [6.45, 7) is 3.41. The summed E-state index contributed by atoms with van der Waals surface area (Å²) in [7, 11) is -2.80. The molecule has 0 radical (unpaired) electrons. The fourth-order valence-corrected chi connectivity index (χ4v) is 3.86. The zero-order valence-corrected chi connectivity index (χ0v) is 17.2. The summed E-state index contributed by atoms with van der Waals surface area (Å²) >= 11 is 0. The van der Waals surface area contributed by atoms with E-state index in [1.807, 2.05) is 0 Å². The van der Waals surface area contributed by atoms with Gasteiger partial charge in [-0.2, -0.15) is 0 Å². The van der Waals surface area contributed by atoms with Gasteiger partial charge in [-0.25, -0.2) is 17.6 Å². The second kappa shape index (κ2) is 8.54. The number of nitrogens with one attached hydrogen (secondary N) is 1. The molecule has 0 saturated heterocycles. The number of nitrogens with zero attached hydrogens (tertiary/aromatic N) is 1. The Balaban J connectivity index is 1.98. The Morgan fingerprint density at radius 2 is 1.97 bits per heavy atom. The third-order valence-electron chi connectivity index (χ3n) is 4.16. The molecule has 2 aromatic carbocycles. The van der Waals surface area contributed by atoms with Crippen molar-refractivity contribution in [3.05, 3.63) is 59.5 Å². The zero-order valence-electron chi connectivity index (χ0n) is 16.4. The van der Waals surface area contributed by atoms with Crippen LogP contribution in [0.2, 0.25) is 0 Å². The first-order valence-corrected chi connectivity index (χ1v) is 10.3. The lowest BCUT2D eigenvalue weighted by Crippen LogP contribution is -2.14. The number of anilines is 1. The monoisotopic (exact) mass is 434 g/mol. The maximum atomic E-state index is 13.8. The first kappa shape index (κ1) is 21.3. The highest BCUT2D eigenvalue weighted by Crippen LogP contribution is 2.32. The predicted molar refractivity (Wildman–Crippen MR) is 106 cm³/mol. The summed E-state index contributed by atoms with van der Waals surface area (Å²) in [5.41, 5.74) is 0.754. The Bertz CT molecular complexity index is 1190. The molecule has 8 nitrogen and oxygen atoms in total. The summed E-state index contributed by atoms with van der Waals surface area (Å²) in [6, 6.07) is 9.65. The minimum absolute atomic E-state index is 0.0414. The van der Waals surface area contributed by atoms with Gasteiger partial charge in [0, 0.05) is 11.6 Å². The number of sulfonamides is 1. The molecule has 0 bridgehead atoms. The maximum absolute atomic E-state index is 13.8. The van der Waals surface area contributed by atoms with Crippen molar-refractivity contribution >= 4 is 21.7 Å². The largest absolute Gasteiger partial charge is 0.495 e. The van der Waals surface area contributed by atoms with E-state index >= 15 is 0 Å². The van der Waals surface area contributed by atoms with Gasteiger partial charge in [0.25, 0.3) is 10.0 Å². The quantitative estimate of drug-likeness (QED) is 0.564. The molecule has 0 fully saturated rings. The maximum Gasteiger partial charge on any atom is 0.360 e. The first-order valence-electron chi connectivity index (χ1n) is 8.86. The van der Waals surface area contributed by atoms with Crippen LogP contribution in [0.5, 0.6) is 5.75 Å². The number of aromatic nitrogens is 1. The van der Waals surface area contributed by atoms with Gasteiger partial charge in [-0.3, -0.25) is 4.72 Å². The second-order valence-electron chi connectivity index (χ2n) is 6.23. The van der Waals surface area contributed by atoms with Crippen molar-refractivity contribution in [3.8, 4) is 17.1 Å². The van der Waals surface area contributed by atoms with Crippen molar-refractivity contribution in [1.82, 2.24) is 5.16 Å². The Hall–Kier alpha value is -3.40. The topological polar surface area (TPSA) is 108 Å². The van der Waals surface area contributed by atoms with Gasteiger partial charge in [0.15, 0.2) is 11.5 Å². The molecular formula is C20H19FN2O6S. The van der Waals surface area contributed by atoms with E-state index in [1.54, 1.807) is 19.9 Å². The molecule has 158 valence electrons. The van der Waals surface area contributed by atoms with E-state index in [4.69, 9.17) is 14.0 Å². The van der Waals surface area contributed by atoms with Gasteiger partial charge in [0.2, 0.25) is 0 Å². The van der Waals surface area contributed by atoms with Crippen LogP contribution in [-0.4, -0.2) is 33.3 Å². The Kier molecular flexibility index (Phi) is 6.06. The number of methoxy groups -OCH3 is 1. The molecule has 0 aliphatic heterocycles. The minimum Gasteiger partial charge on any atom is -0.495 e. The van der Waals surface area contributed by atoms with Crippen molar-refractivity contribution in [2.75, 3.05) is 18.4 Å². The van der Waals surface area contributed by atoms with E-state index in [0.717, 1.165) is 6.07 Å². The molecule has 0 spiro atoms. The van der Waals surface area contributed by atoms with Crippen LogP contribution in [0.25, 0.3) is 11.3 Å². The van der Waals surface area contributed by atoms with Crippen LogP contribution in [0.1, 0.15) is 23.0 Å². The smallest absolute Gasteiger partial charge is 0.360 e. The molecule has 0 atom stereocenters. The lowest BCUT2D eigenvalue weighted by atomic mass is 10.1. The highest BCUT2D eigenvalue weighted by molar-refractivity contribution is 7.92. The van der Waals surface area contributed by atoms with E-state index in [1.165, 1.54) is 37.4 Å². The number of benzene rings is 2. The van der Waals surface area contributed by atoms with E-state index in [2.05, 4.69) is 9.88 Å². The molecule has 0 aliphatic rings. The molecule has 3 aromatic rings. The van der Waals surface area contributed by atoms with Crippen LogP contribution < -0.4 is 9.46 Å². The number of ether oxygens (including phenoxy) is 2. The van der Waals surface area contributed by atoms with Crippen molar-refractivity contribution in [1.29, 1.82) is 0 Å². The van der Waals surface area contributed by atoms with E-state index in [9.17, 15) is 17.6 Å². The predicted octanol–water partition coefficient (Wildman–Crippen LogP) is 3.78.